The Labute approximate surface area is 92.4 Å². The summed E-state index contributed by atoms with van der Waals surface area (Å²) in [7, 11) is 2.77. The SMILES string of the molecule is COC(=O)Cc1cccc(OC)c1N=[N+]=[N-]. The van der Waals surface area contributed by atoms with E-state index in [-0.39, 0.29) is 6.42 Å². The molecule has 84 valence electrons. The number of hydrogen-bond acceptors (Lipinski definition) is 4. The lowest BCUT2D eigenvalue weighted by Gasteiger charge is -2.08. The van der Waals surface area contributed by atoms with Crippen molar-refractivity contribution in [1.82, 2.24) is 0 Å². The average molecular weight is 221 g/mol. The monoisotopic (exact) mass is 221 g/mol. The molecule has 0 radical (unpaired) electrons. The number of methoxy groups -OCH3 is 2. The maximum absolute atomic E-state index is 11.1. The van der Waals surface area contributed by atoms with Crippen LogP contribution in [-0.4, -0.2) is 20.2 Å². The van der Waals surface area contributed by atoms with E-state index in [0.29, 0.717) is 17.0 Å². The van der Waals surface area contributed by atoms with Gasteiger partial charge in [0.1, 0.15) is 5.75 Å². The highest BCUT2D eigenvalue weighted by Gasteiger charge is 2.11. The van der Waals surface area contributed by atoms with Gasteiger partial charge in [0.15, 0.2) is 0 Å². The van der Waals surface area contributed by atoms with Gasteiger partial charge in [0.25, 0.3) is 0 Å². The Bertz CT molecular complexity index is 439. The number of carbonyl (C=O) groups excluding carboxylic acids is 1. The molecule has 0 aliphatic rings. The molecular weight excluding hydrogens is 210 g/mol. The van der Waals surface area contributed by atoms with Gasteiger partial charge in [0.2, 0.25) is 0 Å². The molecule has 0 aliphatic heterocycles. The fourth-order valence-electron chi connectivity index (χ4n) is 1.26. The van der Waals surface area contributed by atoms with Crippen LogP contribution in [0.5, 0.6) is 5.75 Å². The first kappa shape index (κ1) is 11.9. The molecule has 0 spiro atoms. The van der Waals surface area contributed by atoms with Gasteiger partial charge in [-0.05, 0) is 17.2 Å². The van der Waals surface area contributed by atoms with Gasteiger partial charge in [0.05, 0.1) is 26.3 Å². The van der Waals surface area contributed by atoms with Crippen molar-refractivity contribution in [3.05, 3.63) is 34.2 Å². The summed E-state index contributed by atoms with van der Waals surface area (Å²) >= 11 is 0. The summed E-state index contributed by atoms with van der Waals surface area (Å²) < 4.78 is 9.58. The van der Waals surface area contributed by atoms with Crippen LogP contribution in [0.25, 0.3) is 10.4 Å². The van der Waals surface area contributed by atoms with Gasteiger partial charge in [-0.2, -0.15) is 0 Å². The van der Waals surface area contributed by atoms with Crippen LogP contribution >= 0.6 is 0 Å². The summed E-state index contributed by atoms with van der Waals surface area (Å²) in [5, 5.41) is 3.51. The molecular formula is C10H11N3O3. The minimum absolute atomic E-state index is 0.0437. The summed E-state index contributed by atoms with van der Waals surface area (Å²) in [4.78, 5) is 13.8. The van der Waals surface area contributed by atoms with Crippen LogP contribution < -0.4 is 4.74 Å². The summed E-state index contributed by atoms with van der Waals surface area (Å²) in [6.45, 7) is 0. The summed E-state index contributed by atoms with van der Waals surface area (Å²) in [5.74, 6) is 0.0295. The molecule has 16 heavy (non-hydrogen) atoms. The average Bonchev–Trinajstić information content (AvgIpc) is 2.31. The minimum atomic E-state index is -0.400. The maximum Gasteiger partial charge on any atom is 0.309 e. The molecule has 0 bridgehead atoms. The number of ether oxygens (including phenoxy) is 2. The fourth-order valence-corrected chi connectivity index (χ4v) is 1.26. The topological polar surface area (TPSA) is 84.3 Å². The van der Waals surface area contributed by atoms with E-state index in [2.05, 4.69) is 14.8 Å². The largest absolute Gasteiger partial charge is 0.496 e. The normalized spacial score (nSPS) is 9.12. The van der Waals surface area contributed by atoms with Crippen molar-refractivity contribution in [1.29, 1.82) is 0 Å². The zero-order valence-corrected chi connectivity index (χ0v) is 9.01. The van der Waals surface area contributed by atoms with E-state index >= 15 is 0 Å². The van der Waals surface area contributed by atoms with Crippen molar-refractivity contribution >= 4 is 11.7 Å². The van der Waals surface area contributed by atoms with Crippen molar-refractivity contribution in [3.8, 4) is 5.75 Å². The van der Waals surface area contributed by atoms with Crippen LogP contribution in [0, 0.1) is 0 Å². The van der Waals surface area contributed by atoms with Gasteiger partial charge in [0, 0.05) is 4.91 Å². The Balaban J connectivity index is 3.16. The summed E-state index contributed by atoms with van der Waals surface area (Å²) in [5.41, 5.74) is 9.33. The van der Waals surface area contributed by atoms with Crippen LogP contribution in [0.4, 0.5) is 5.69 Å². The van der Waals surface area contributed by atoms with Crippen molar-refractivity contribution in [2.24, 2.45) is 5.11 Å². The molecule has 0 aromatic heterocycles. The van der Waals surface area contributed by atoms with E-state index < -0.39 is 5.97 Å². The zero-order valence-electron chi connectivity index (χ0n) is 9.01. The molecule has 0 heterocycles. The quantitative estimate of drug-likeness (QED) is 0.338. The number of hydrogen-bond donors (Lipinski definition) is 0. The van der Waals surface area contributed by atoms with Crippen LogP contribution in [0.3, 0.4) is 0 Å². The molecule has 0 N–H and O–H groups in total. The van der Waals surface area contributed by atoms with Crippen molar-refractivity contribution in [3.63, 3.8) is 0 Å². The van der Waals surface area contributed by atoms with E-state index in [1.807, 2.05) is 0 Å². The fraction of sp³-hybridized carbons (Fsp3) is 0.300. The predicted molar refractivity (Wildman–Crippen MR) is 57.5 cm³/mol. The number of rotatable bonds is 4. The van der Waals surface area contributed by atoms with Gasteiger partial charge < -0.3 is 9.47 Å². The van der Waals surface area contributed by atoms with Gasteiger partial charge in [-0.15, -0.1) is 0 Å². The Kier molecular flexibility index (Phi) is 4.17. The highest BCUT2D eigenvalue weighted by atomic mass is 16.5. The van der Waals surface area contributed by atoms with Gasteiger partial charge >= 0.3 is 5.97 Å². The van der Waals surface area contributed by atoms with E-state index in [9.17, 15) is 4.79 Å². The Morgan fingerprint density at radius 3 is 2.81 bits per heavy atom. The van der Waals surface area contributed by atoms with Crippen molar-refractivity contribution in [2.75, 3.05) is 14.2 Å². The lowest BCUT2D eigenvalue weighted by molar-refractivity contribution is -0.139. The molecule has 0 atom stereocenters. The maximum atomic E-state index is 11.1. The molecule has 0 aliphatic carbocycles. The molecule has 0 fully saturated rings. The molecule has 1 rings (SSSR count). The second kappa shape index (κ2) is 5.63. The first-order valence-corrected chi connectivity index (χ1v) is 4.50. The first-order chi connectivity index (χ1) is 7.72. The second-order valence-electron chi connectivity index (χ2n) is 2.91. The highest BCUT2D eigenvalue weighted by Crippen LogP contribution is 2.31. The second-order valence-corrected chi connectivity index (χ2v) is 2.91. The van der Waals surface area contributed by atoms with Crippen LogP contribution in [0.2, 0.25) is 0 Å². The third-order valence-corrected chi connectivity index (χ3v) is 2.01. The van der Waals surface area contributed by atoms with E-state index in [1.165, 1.54) is 14.2 Å². The smallest absolute Gasteiger partial charge is 0.309 e. The zero-order chi connectivity index (χ0) is 12.0. The van der Waals surface area contributed by atoms with Gasteiger partial charge in [-0.25, -0.2) is 0 Å². The van der Waals surface area contributed by atoms with Gasteiger partial charge in [-0.1, -0.05) is 17.2 Å². The van der Waals surface area contributed by atoms with E-state index in [1.54, 1.807) is 18.2 Å². The third kappa shape index (κ3) is 2.65. The Morgan fingerprint density at radius 1 is 1.50 bits per heavy atom. The Hall–Kier alpha value is -2.20. The summed E-state index contributed by atoms with van der Waals surface area (Å²) in [6.07, 6.45) is 0.0437. The predicted octanol–water partition coefficient (Wildman–Crippen LogP) is 2.35. The molecule has 0 saturated heterocycles. The lowest BCUT2D eigenvalue weighted by atomic mass is 10.1. The molecule has 0 saturated carbocycles. The van der Waals surface area contributed by atoms with Crippen molar-refractivity contribution < 1.29 is 14.3 Å². The molecule has 1 aromatic carbocycles. The Morgan fingerprint density at radius 2 is 2.25 bits per heavy atom. The number of carbonyl (C=O) groups is 1. The van der Waals surface area contributed by atoms with Crippen molar-refractivity contribution in [2.45, 2.75) is 6.42 Å². The number of nitrogens with zero attached hydrogens (tertiary/aromatic N) is 3. The van der Waals surface area contributed by atoms with Crippen LogP contribution in [-0.2, 0) is 16.0 Å². The van der Waals surface area contributed by atoms with Crippen LogP contribution in [0.15, 0.2) is 23.3 Å². The minimum Gasteiger partial charge on any atom is -0.496 e. The van der Waals surface area contributed by atoms with Crippen LogP contribution in [0.1, 0.15) is 5.56 Å². The summed E-state index contributed by atoms with van der Waals surface area (Å²) in [6, 6.07) is 5.06. The number of azide groups is 1. The third-order valence-electron chi connectivity index (χ3n) is 2.01. The highest BCUT2D eigenvalue weighted by molar-refractivity contribution is 5.75. The molecule has 1 aromatic rings. The number of benzene rings is 1. The number of esters is 1. The van der Waals surface area contributed by atoms with E-state index in [0.717, 1.165) is 0 Å². The molecule has 0 unspecified atom stereocenters. The standard InChI is InChI=1S/C10H11N3O3/c1-15-8-5-3-4-7(6-9(14)16-2)10(8)12-13-11/h3-5H,6H2,1-2H3. The van der Waals surface area contributed by atoms with E-state index in [4.69, 9.17) is 10.3 Å². The molecule has 0 amide bonds. The lowest BCUT2D eigenvalue weighted by Crippen LogP contribution is -2.04. The molecule has 6 nitrogen and oxygen atoms in total. The van der Waals surface area contributed by atoms with Gasteiger partial charge in [-0.3, -0.25) is 4.79 Å². The first-order valence-electron chi connectivity index (χ1n) is 4.50. The molecule has 6 heteroatoms.